The molecule has 20 heavy (non-hydrogen) atoms. The summed E-state index contributed by atoms with van der Waals surface area (Å²) in [5, 5.41) is 7.81. The molecule has 2 unspecified atom stereocenters. The van der Waals surface area contributed by atoms with Gasteiger partial charge in [-0.2, -0.15) is 5.10 Å². The largest absolute Gasteiger partial charge is 0.379 e. The van der Waals surface area contributed by atoms with E-state index in [0.29, 0.717) is 19.6 Å². The summed E-state index contributed by atoms with van der Waals surface area (Å²) in [6.07, 6.45) is 2.41. The van der Waals surface area contributed by atoms with Crippen molar-refractivity contribution in [2.75, 3.05) is 19.8 Å². The van der Waals surface area contributed by atoms with Gasteiger partial charge in [-0.1, -0.05) is 13.8 Å². The summed E-state index contributed by atoms with van der Waals surface area (Å²) in [6.45, 7) is 6.31. The molecule has 1 aliphatic rings. The minimum Gasteiger partial charge on any atom is -0.379 e. The molecule has 5 heteroatoms. The zero-order chi connectivity index (χ0) is 14.5. The van der Waals surface area contributed by atoms with Crippen LogP contribution in [0.4, 0.5) is 0 Å². The van der Waals surface area contributed by atoms with E-state index >= 15 is 0 Å². The predicted octanol–water partition coefficient (Wildman–Crippen LogP) is 1.11. The van der Waals surface area contributed by atoms with Crippen LogP contribution in [0, 0.1) is 5.92 Å². The van der Waals surface area contributed by atoms with Crippen molar-refractivity contribution < 1.29 is 9.53 Å². The molecule has 2 heterocycles. The van der Waals surface area contributed by atoms with Gasteiger partial charge < -0.3 is 10.1 Å². The molecule has 0 bridgehead atoms. The molecule has 2 rings (SSSR count). The van der Waals surface area contributed by atoms with Crippen LogP contribution in [0.25, 0.3) is 0 Å². The highest BCUT2D eigenvalue weighted by Crippen LogP contribution is 2.18. The van der Waals surface area contributed by atoms with Crippen LogP contribution < -0.4 is 5.32 Å². The fraction of sp³-hybridized carbons (Fsp3) is 0.733. The molecule has 1 saturated heterocycles. The van der Waals surface area contributed by atoms with Crippen LogP contribution in [0.3, 0.4) is 0 Å². The Morgan fingerprint density at radius 1 is 1.50 bits per heavy atom. The van der Waals surface area contributed by atoms with Crippen LogP contribution in [0.1, 0.15) is 31.7 Å². The third-order valence-electron chi connectivity index (χ3n) is 3.90. The van der Waals surface area contributed by atoms with Gasteiger partial charge in [0.15, 0.2) is 0 Å². The molecular weight excluding hydrogens is 254 g/mol. The van der Waals surface area contributed by atoms with Gasteiger partial charge in [0.25, 0.3) is 0 Å². The van der Waals surface area contributed by atoms with Gasteiger partial charge >= 0.3 is 0 Å². The molecule has 112 valence electrons. The van der Waals surface area contributed by atoms with Gasteiger partial charge in [-0.3, -0.25) is 9.48 Å². The van der Waals surface area contributed by atoms with Crippen molar-refractivity contribution >= 4 is 5.78 Å². The summed E-state index contributed by atoms with van der Waals surface area (Å²) in [6, 6.07) is 2.20. The van der Waals surface area contributed by atoms with Gasteiger partial charge in [0.2, 0.25) is 0 Å². The quantitative estimate of drug-likeness (QED) is 0.812. The highest BCUT2D eigenvalue weighted by atomic mass is 16.5. The second kappa shape index (κ2) is 6.99. The second-order valence-corrected chi connectivity index (χ2v) is 5.45. The smallest absolute Gasteiger partial charge is 0.145 e. The molecule has 1 fully saturated rings. The zero-order valence-corrected chi connectivity index (χ0v) is 12.7. The number of nitrogens with one attached hydrogen (secondary N) is 1. The number of carbonyl (C=O) groups excluding carboxylic acids is 1. The van der Waals surface area contributed by atoms with E-state index in [1.165, 1.54) is 0 Å². The Balaban J connectivity index is 1.98. The van der Waals surface area contributed by atoms with E-state index in [9.17, 15) is 4.79 Å². The predicted molar refractivity (Wildman–Crippen MR) is 77.7 cm³/mol. The van der Waals surface area contributed by atoms with E-state index in [0.717, 1.165) is 30.8 Å². The first-order valence-corrected chi connectivity index (χ1v) is 7.51. The van der Waals surface area contributed by atoms with Crippen molar-refractivity contribution in [3.05, 3.63) is 17.5 Å². The average molecular weight is 279 g/mol. The SMILES string of the molecule is CCCNC1COCC1C(=O)Cc1cc(CC)nn1C. The summed E-state index contributed by atoms with van der Waals surface area (Å²) in [7, 11) is 1.90. The maximum Gasteiger partial charge on any atom is 0.145 e. The minimum atomic E-state index is -0.0264. The van der Waals surface area contributed by atoms with E-state index in [1.54, 1.807) is 0 Å². The molecule has 5 nitrogen and oxygen atoms in total. The van der Waals surface area contributed by atoms with Crippen molar-refractivity contribution in [1.82, 2.24) is 15.1 Å². The fourth-order valence-electron chi connectivity index (χ4n) is 2.62. The number of rotatable bonds is 7. The van der Waals surface area contributed by atoms with Crippen LogP contribution in [-0.2, 0) is 29.4 Å². The first-order chi connectivity index (χ1) is 9.65. The number of aromatic nitrogens is 2. The average Bonchev–Trinajstić information content (AvgIpc) is 3.03. The Kier molecular flexibility index (Phi) is 5.31. The van der Waals surface area contributed by atoms with Gasteiger partial charge in [0.1, 0.15) is 5.78 Å². The van der Waals surface area contributed by atoms with Gasteiger partial charge in [-0.15, -0.1) is 0 Å². The summed E-state index contributed by atoms with van der Waals surface area (Å²) in [5.74, 6) is 0.225. The lowest BCUT2D eigenvalue weighted by Gasteiger charge is -2.17. The maximum absolute atomic E-state index is 12.5. The minimum absolute atomic E-state index is 0.0264. The van der Waals surface area contributed by atoms with Crippen LogP contribution in [0.5, 0.6) is 0 Å². The van der Waals surface area contributed by atoms with E-state index in [1.807, 2.05) is 17.8 Å². The summed E-state index contributed by atoms with van der Waals surface area (Å²) in [4.78, 5) is 12.5. The lowest BCUT2D eigenvalue weighted by molar-refractivity contribution is -0.122. The molecule has 0 radical (unpaired) electrons. The van der Waals surface area contributed by atoms with E-state index < -0.39 is 0 Å². The Hall–Kier alpha value is -1.20. The van der Waals surface area contributed by atoms with Gasteiger partial charge in [0, 0.05) is 25.2 Å². The number of hydrogen-bond acceptors (Lipinski definition) is 4. The van der Waals surface area contributed by atoms with E-state index in [4.69, 9.17) is 4.74 Å². The fourth-order valence-corrected chi connectivity index (χ4v) is 2.62. The summed E-state index contributed by atoms with van der Waals surface area (Å²) in [5.41, 5.74) is 2.03. The number of nitrogens with zero attached hydrogens (tertiary/aromatic N) is 2. The van der Waals surface area contributed by atoms with Crippen LogP contribution in [0.15, 0.2) is 6.07 Å². The number of Topliss-reactive ketones (excluding diaryl/α,β-unsaturated/α-hetero) is 1. The highest BCUT2D eigenvalue weighted by Gasteiger charge is 2.33. The normalized spacial score (nSPS) is 22.4. The van der Waals surface area contributed by atoms with E-state index in [2.05, 4.69) is 24.3 Å². The van der Waals surface area contributed by atoms with Gasteiger partial charge in [-0.05, 0) is 25.5 Å². The van der Waals surface area contributed by atoms with Crippen LogP contribution >= 0.6 is 0 Å². The number of ether oxygens (including phenoxy) is 1. The molecule has 0 saturated carbocycles. The molecule has 0 aliphatic carbocycles. The molecule has 1 N–H and O–H groups in total. The van der Waals surface area contributed by atoms with Crippen molar-refractivity contribution in [1.29, 1.82) is 0 Å². The van der Waals surface area contributed by atoms with Crippen molar-refractivity contribution in [3.63, 3.8) is 0 Å². The first kappa shape index (κ1) is 15.2. The molecule has 1 aromatic rings. The molecule has 0 aromatic carbocycles. The molecule has 1 aromatic heterocycles. The molecule has 2 atom stereocenters. The molecule has 0 spiro atoms. The van der Waals surface area contributed by atoms with Crippen molar-refractivity contribution in [2.24, 2.45) is 13.0 Å². The third kappa shape index (κ3) is 3.46. The second-order valence-electron chi connectivity index (χ2n) is 5.45. The lowest BCUT2D eigenvalue weighted by Crippen LogP contribution is -2.40. The number of hydrogen-bond donors (Lipinski definition) is 1. The Morgan fingerprint density at radius 2 is 2.30 bits per heavy atom. The van der Waals surface area contributed by atoms with Gasteiger partial charge in [-0.25, -0.2) is 0 Å². The molecular formula is C15H25N3O2. The Bertz CT molecular complexity index is 456. The number of carbonyl (C=O) groups is 1. The molecule has 0 amide bonds. The third-order valence-corrected chi connectivity index (χ3v) is 3.90. The Labute approximate surface area is 120 Å². The van der Waals surface area contributed by atoms with Crippen molar-refractivity contribution in [2.45, 2.75) is 39.2 Å². The standard InChI is InChI=1S/C15H25N3O2/c1-4-6-16-14-10-20-9-13(14)15(19)8-12-7-11(5-2)17-18(12)3/h7,13-14,16H,4-6,8-10H2,1-3H3. The first-order valence-electron chi connectivity index (χ1n) is 7.51. The molecule has 1 aliphatic heterocycles. The Morgan fingerprint density at radius 3 is 2.95 bits per heavy atom. The summed E-state index contributed by atoms with van der Waals surface area (Å²) >= 11 is 0. The number of aryl methyl sites for hydroxylation is 2. The monoisotopic (exact) mass is 279 g/mol. The van der Waals surface area contributed by atoms with Gasteiger partial charge in [0.05, 0.1) is 24.8 Å². The van der Waals surface area contributed by atoms with Crippen LogP contribution in [0.2, 0.25) is 0 Å². The number of ketones is 1. The van der Waals surface area contributed by atoms with E-state index in [-0.39, 0.29) is 17.7 Å². The highest BCUT2D eigenvalue weighted by molar-refractivity contribution is 5.84. The van der Waals surface area contributed by atoms with Crippen LogP contribution in [-0.4, -0.2) is 41.4 Å². The summed E-state index contributed by atoms with van der Waals surface area (Å²) < 4.78 is 7.30. The van der Waals surface area contributed by atoms with Crippen molar-refractivity contribution in [3.8, 4) is 0 Å². The maximum atomic E-state index is 12.5. The topological polar surface area (TPSA) is 56.1 Å². The zero-order valence-electron chi connectivity index (χ0n) is 12.7. The lowest BCUT2D eigenvalue weighted by atomic mass is 9.95.